The number of methoxy groups -OCH3 is 1. The molecule has 0 atom stereocenters. The van der Waals surface area contributed by atoms with Crippen LogP contribution >= 0.6 is 0 Å². The van der Waals surface area contributed by atoms with Crippen LogP contribution in [0.15, 0.2) is 45.6 Å². The average Bonchev–Trinajstić information content (AvgIpc) is 2.72. The minimum atomic E-state index is -0.279. The Kier molecular flexibility index (Phi) is 5.25. The van der Waals surface area contributed by atoms with Crippen molar-refractivity contribution in [3.63, 3.8) is 0 Å². The molecule has 6 heteroatoms. The smallest absolute Gasteiger partial charge is 0.339 e. The van der Waals surface area contributed by atoms with Crippen LogP contribution in [0.25, 0.3) is 11.0 Å². The molecule has 1 aliphatic carbocycles. The van der Waals surface area contributed by atoms with E-state index < -0.39 is 0 Å². The molecule has 0 fully saturated rings. The Balaban J connectivity index is 1.60. The molecule has 1 aromatic heterocycles. The average molecular weight is 393 g/mol. The van der Waals surface area contributed by atoms with E-state index in [1.807, 2.05) is 25.1 Å². The molecule has 1 N–H and O–H groups in total. The molecule has 29 heavy (non-hydrogen) atoms. The van der Waals surface area contributed by atoms with Gasteiger partial charge >= 0.3 is 5.63 Å². The van der Waals surface area contributed by atoms with Gasteiger partial charge in [-0.25, -0.2) is 4.79 Å². The van der Waals surface area contributed by atoms with Crippen molar-refractivity contribution in [1.82, 2.24) is 0 Å². The molecule has 0 saturated carbocycles. The largest absolute Gasteiger partial charge is 0.497 e. The fourth-order valence-electron chi connectivity index (χ4n) is 3.82. The Morgan fingerprint density at radius 3 is 2.72 bits per heavy atom. The standard InChI is InChI=1S/C23H23NO5/c1-14-10-19(28-13-21(25)24-15-6-5-7-16(12-15)27-2)22-17-8-3-4-9-18(17)23(26)29-20(22)11-14/h5-7,10-12H,3-4,8-9,13H2,1-2H3,(H,24,25). The summed E-state index contributed by atoms with van der Waals surface area (Å²) in [4.78, 5) is 24.7. The first-order chi connectivity index (χ1) is 14.0. The van der Waals surface area contributed by atoms with Crippen LogP contribution in [0.2, 0.25) is 0 Å². The van der Waals surface area contributed by atoms with Crippen molar-refractivity contribution in [2.24, 2.45) is 0 Å². The quantitative estimate of drug-likeness (QED) is 0.663. The maximum absolute atomic E-state index is 12.4. The molecule has 0 spiro atoms. The lowest BCUT2D eigenvalue weighted by Crippen LogP contribution is -2.21. The van der Waals surface area contributed by atoms with Crippen molar-refractivity contribution in [3.8, 4) is 11.5 Å². The molecule has 2 aromatic carbocycles. The van der Waals surface area contributed by atoms with E-state index in [2.05, 4.69) is 5.32 Å². The van der Waals surface area contributed by atoms with E-state index in [0.717, 1.165) is 47.8 Å². The summed E-state index contributed by atoms with van der Waals surface area (Å²) in [7, 11) is 1.58. The SMILES string of the molecule is COc1cccc(NC(=O)COc2cc(C)cc3oc(=O)c4c(c23)CCCC4)c1. The summed E-state index contributed by atoms with van der Waals surface area (Å²) >= 11 is 0. The van der Waals surface area contributed by atoms with Gasteiger partial charge in [-0.2, -0.15) is 0 Å². The van der Waals surface area contributed by atoms with Crippen LogP contribution in [0.5, 0.6) is 11.5 Å². The lowest BCUT2D eigenvalue weighted by molar-refractivity contribution is -0.118. The van der Waals surface area contributed by atoms with Crippen molar-refractivity contribution in [2.45, 2.75) is 32.6 Å². The summed E-state index contributed by atoms with van der Waals surface area (Å²) in [6, 6.07) is 10.9. The van der Waals surface area contributed by atoms with E-state index in [0.29, 0.717) is 22.8 Å². The third kappa shape index (κ3) is 3.97. The molecule has 0 unspecified atom stereocenters. The normalized spacial score (nSPS) is 13.0. The van der Waals surface area contributed by atoms with E-state index in [4.69, 9.17) is 13.9 Å². The fourth-order valence-corrected chi connectivity index (χ4v) is 3.82. The van der Waals surface area contributed by atoms with Gasteiger partial charge in [-0.15, -0.1) is 0 Å². The number of rotatable bonds is 5. The van der Waals surface area contributed by atoms with Gasteiger partial charge in [0.25, 0.3) is 5.91 Å². The van der Waals surface area contributed by atoms with E-state index in [-0.39, 0.29) is 18.1 Å². The van der Waals surface area contributed by atoms with Crippen LogP contribution in [-0.2, 0) is 17.6 Å². The van der Waals surface area contributed by atoms with Crippen LogP contribution < -0.4 is 20.4 Å². The number of aryl methyl sites for hydroxylation is 2. The molecule has 6 nitrogen and oxygen atoms in total. The predicted octanol–water partition coefficient (Wildman–Crippen LogP) is 4.01. The van der Waals surface area contributed by atoms with Gasteiger partial charge in [0.2, 0.25) is 0 Å². The van der Waals surface area contributed by atoms with Crippen molar-refractivity contribution < 1.29 is 18.7 Å². The van der Waals surface area contributed by atoms with Crippen molar-refractivity contribution in [1.29, 1.82) is 0 Å². The second kappa shape index (κ2) is 7.99. The molecule has 4 rings (SSSR count). The molecular formula is C23H23NO5. The maximum Gasteiger partial charge on any atom is 0.339 e. The Hall–Kier alpha value is -3.28. The molecule has 0 bridgehead atoms. The zero-order valence-electron chi connectivity index (χ0n) is 16.5. The number of fused-ring (bicyclic) bond motifs is 3. The number of benzene rings is 2. The van der Waals surface area contributed by atoms with Crippen LogP contribution in [0.4, 0.5) is 5.69 Å². The molecule has 0 saturated heterocycles. The van der Waals surface area contributed by atoms with Gasteiger partial charge in [0.05, 0.1) is 12.5 Å². The van der Waals surface area contributed by atoms with Gasteiger partial charge in [0.1, 0.15) is 17.1 Å². The molecule has 1 heterocycles. The zero-order chi connectivity index (χ0) is 20.4. The zero-order valence-corrected chi connectivity index (χ0v) is 16.5. The van der Waals surface area contributed by atoms with Crippen molar-refractivity contribution >= 4 is 22.6 Å². The second-order valence-electron chi connectivity index (χ2n) is 7.26. The number of nitrogens with one attached hydrogen (secondary N) is 1. The third-order valence-electron chi connectivity index (χ3n) is 5.14. The summed E-state index contributed by atoms with van der Waals surface area (Å²) < 4.78 is 16.6. The van der Waals surface area contributed by atoms with Crippen molar-refractivity contribution in [3.05, 3.63) is 63.5 Å². The minimum absolute atomic E-state index is 0.149. The first-order valence-corrected chi connectivity index (χ1v) is 9.71. The van der Waals surface area contributed by atoms with E-state index >= 15 is 0 Å². The second-order valence-corrected chi connectivity index (χ2v) is 7.26. The predicted molar refractivity (Wildman–Crippen MR) is 111 cm³/mol. The van der Waals surface area contributed by atoms with Crippen LogP contribution in [0, 0.1) is 6.92 Å². The number of anilines is 1. The Morgan fingerprint density at radius 1 is 1.14 bits per heavy atom. The molecule has 150 valence electrons. The summed E-state index contributed by atoms with van der Waals surface area (Å²) in [5.41, 5.74) is 3.51. The Morgan fingerprint density at radius 2 is 1.93 bits per heavy atom. The van der Waals surface area contributed by atoms with Crippen LogP contribution in [0.3, 0.4) is 0 Å². The fraction of sp³-hybridized carbons (Fsp3) is 0.304. The first kappa shape index (κ1) is 19.1. The number of hydrogen-bond acceptors (Lipinski definition) is 5. The lowest BCUT2D eigenvalue weighted by atomic mass is 9.90. The molecule has 0 aliphatic heterocycles. The molecule has 0 radical (unpaired) electrons. The first-order valence-electron chi connectivity index (χ1n) is 9.71. The summed E-state index contributed by atoms with van der Waals surface area (Å²) in [6.07, 6.45) is 3.54. The van der Waals surface area contributed by atoms with Gasteiger partial charge in [-0.05, 0) is 68.0 Å². The highest BCUT2D eigenvalue weighted by atomic mass is 16.5. The number of hydrogen-bond donors (Lipinski definition) is 1. The number of amides is 1. The summed E-state index contributed by atoms with van der Waals surface area (Å²) in [5, 5.41) is 3.61. The summed E-state index contributed by atoms with van der Waals surface area (Å²) in [5.74, 6) is 0.955. The third-order valence-corrected chi connectivity index (χ3v) is 5.14. The highest BCUT2D eigenvalue weighted by molar-refractivity contribution is 5.93. The Bertz CT molecular complexity index is 1130. The molecule has 1 aliphatic rings. The minimum Gasteiger partial charge on any atom is -0.497 e. The van der Waals surface area contributed by atoms with Crippen LogP contribution in [-0.4, -0.2) is 19.6 Å². The number of ether oxygens (including phenoxy) is 2. The molecular weight excluding hydrogens is 370 g/mol. The topological polar surface area (TPSA) is 77.8 Å². The summed E-state index contributed by atoms with van der Waals surface area (Å²) in [6.45, 7) is 1.76. The highest BCUT2D eigenvalue weighted by Gasteiger charge is 2.21. The van der Waals surface area contributed by atoms with Crippen molar-refractivity contribution in [2.75, 3.05) is 19.0 Å². The monoisotopic (exact) mass is 393 g/mol. The number of carbonyl (C=O) groups excluding carboxylic acids is 1. The highest BCUT2D eigenvalue weighted by Crippen LogP contribution is 2.34. The van der Waals surface area contributed by atoms with E-state index in [9.17, 15) is 9.59 Å². The van der Waals surface area contributed by atoms with Gasteiger partial charge < -0.3 is 19.2 Å². The molecule has 1 amide bonds. The Labute approximate surface area is 168 Å². The van der Waals surface area contributed by atoms with Gasteiger partial charge in [-0.3, -0.25) is 4.79 Å². The van der Waals surface area contributed by atoms with Gasteiger partial charge in [0.15, 0.2) is 6.61 Å². The maximum atomic E-state index is 12.4. The van der Waals surface area contributed by atoms with Gasteiger partial charge in [-0.1, -0.05) is 6.07 Å². The van der Waals surface area contributed by atoms with Crippen LogP contribution in [0.1, 0.15) is 29.5 Å². The van der Waals surface area contributed by atoms with E-state index in [1.54, 1.807) is 25.3 Å². The number of carbonyl (C=O) groups is 1. The van der Waals surface area contributed by atoms with E-state index in [1.165, 1.54) is 0 Å². The van der Waals surface area contributed by atoms with Gasteiger partial charge in [0, 0.05) is 17.3 Å². The molecule has 3 aromatic rings. The lowest BCUT2D eigenvalue weighted by Gasteiger charge is -2.19.